The van der Waals surface area contributed by atoms with Gasteiger partial charge in [0.25, 0.3) is 0 Å². The molecule has 3 rings (SSSR count). The van der Waals surface area contributed by atoms with Crippen LogP contribution in [0.4, 0.5) is 4.39 Å². The first-order chi connectivity index (χ1) is 13.0. The molecule has 1 heterocycles. The van der Waals surface area contributed by atoms with E-state index in [4.69, 9.17) is 5.73 Å². The minimum atomic E-state index is -0.640. The number of nitrogens with two attached hydrogens (primary N) is 1. The molecule has 0 spiro atoms. The van der Waals surface area contributed by atoms with E-state index in [-0.39, 0.29) is 17.8 Å². The van der Waals surface area contributed by atoms with Crippen LogP contribution in [0.25, 0.3) is 0 Å². The Morgan fingerprint density at radius 3 is 2.26 bits per heavy atom. The van der Waals surface area contributed by atoms with Crippen LogP contribution in [0.15, 0.2) is 54.6 Å². The summed E-state index contributed by atoms with van der Waals surface area (Å²) in [6, 6.07) is 15.9. The molecule has 0 bridgehead atoms. The third-order valence-electron chi connectivity index (χ3n) is 5.35. The van der Waals surface area contributed by atoms with Crippen LogP contribution in [-0.2, 0) is 21.5 Å². The number of hydrogen-bond donors (Lipinski definition) is 2. The summed E-state index contributed by atoms with van der Waals surface area (Å²) in [4.78, 5) is 26.2. The second kappa shape index (κ2) is 8.31. The van der Waals surface area contributed by atoms with E-state index >= 15 is 0 Å². The summed E-state index contributed by atoms with van der Waals surface area (Å²) in [6.45, 7) is 1.69. The van der Waals surface area contributed by atoms with Gasteiger partial charge in [-0.05, 0) is 36.1 Å². The Kier molecular flexibility index (Phi) is 5.86. The Labute approximate surface area is 158 Å². The smallest absolute Gasteiger partial charge is 0.311 e. The Hall–Kier alpha value is -2.73. The highest BCUT2D eigenvalue weighted by Gasteiger charge is 2.37. The van der Waals surface area contributed by atoms with Crippen LogP contribution in [0, 0.1) is 5.82 Å². The van der Waals surface area contributed by atoms with Gasteiger partial charge in [0, 0.05) is 31.6 Å². The standard InChI is InChI=1S/C21H24FN3O2/c22-18-8-6-16(7-9-18)14-24-19(26)20(27)25-12-10-21(15-23,11-13-25)17-4-2-1-3-5-17/h1-9H,10-15,23H2,(H,24,26). The van der Waals surface area contributed by atoms with Gasteiger partial charge in [-0.25, -0.2) is 4.39 Å². The third-order valence-corrected chi connectivity index (χ3v) is 5.35. The number of amides is 2. The Morgan fingerprint density at radius 2 is 1.67 bits per heavy atom. The minimum Gasteiger partial charge on any atom is -0.344 e. The highest BCUT2D eigenvalue weighted by atomic mass is 19.1. The number of halogens is 1. The number of nitrogens with zero attached hydrogens (tertiary/aromatic N) is 1. The maximum Gasteiger partial charge on any atom is 0.311 e. The van der Waals surface area contributed by atoms with Gasteiger partial charge in [0.2, 0.25) is 0 Å². The molecule has 1 aliphatic heterocycles. The predicted octanol–water partition coefficient (Wildman–Crippen LogP) is 1.96. The number of hydrogen-bond acceptors (Lipinski definition) is 3. The van der Waals surface area contributed by atoms with Gasteiger partial charge in [-0.2, -0.15) is 0 Å². The van der Waals surface area contributed by atoms with Gasteiger partial charge >= 0.3 is 11.8 Å². The average Bonchev–Trinajstić information content (AvgIpc) is 2.73. The summed E-state index contributed by atoms with van der Waals surface area (Å²) < 4.78 is 12.9. The van der Waals surface area contributed by atoms with Crippen LogP contribution in [0.3, 0.4) is 0 Å². The second-order valence-electron chi connectivity index (χ2n) is 6.95. The van der Waals surface area contributed by atoms with E-state index in [1.807, 2.05) is 18.2 Å². The van der Waals surface area contributed by atoms with Crippen LogP contribution in [0.5, 0.6) is 0 Å². The van der Waals surface area contributed by atoms with Gasteiger partial charge < -0.3 is 16.0 Å². The molecule has 3 N–H and O–H groups in total. The normalized spacial score (nSPS) is 16.0. The minimum absolute atomic E-state index is 0.150. The first kappa shape index (κ1) is 19.0. The molecule has 0 aliphatic carbocycles. The highest BCUT2D eigenvalue weighted by Crippen LogP contribution is 2.34. The lowest BCUT2D eigenvalue weighted by atomic mass is 9.73. The third kappa shape index (κ3) is 4.34. The summed E-state index contributed by atoms with van der Waals surface area (Å²) in [7, 11) is 0. The second-order valence-corrected chi connectivity index (χ2v) is 6.95. The lowest BCUT2D eigenvalue weighted by Crippen LogP contribution is -2.51. The number of benzene rings is 2. The van der Waals surface area contributed by atoms with E-state index in [2.05, 4.69) is 17.4 Å². The van der Waals surface area contributed by atoms with E-state index < -0.39 is 11.8 Å². The van der Waals surface area contributed by atoms with Crippen molar-refractivity contribution in [1.82, 2.24) is 10.2 Å². The number of carbonyl (C=O) groups is 2. The lowest BCUT2D eigenvalue weighted by molar-refractivity contribution is -0.147. The van der Waals surface area contributed by atoms with Crippen LogP contribution in [0.2, 0.25) is 0 Å². The van der Waals surface area contributed by atoms with Crippen molar-refractivity contribution in [2.75, 3.05) is 19.6 Å². The zero-order chi connectivity index (χ0) is 19.3. The fraction of sp³-hybridized carbons (Fsp3) is 0.333. The van der Waals surface area contributed by atoms with E-state index in [0.717, 1.165) is 18.4 Å². The van der Waals surface area contributed by atoms with Crippen molar-refractivity contribution in [2.24, 2.45) is 5.73 Å². The lowest BCUT2D eigenvalue weighted by Gasteiger charge is -2.41. The van der Waals surface area contributed by atoms with Gasteiger partial charge in [0.05, 0.1) is 0 Å². The summed E-state index contributed by atoms with van der Waals surface area (Å²) in [5, 5.41) is 2.60. The first-order valence-electron chi connectivity index (χ1n) is 9.11. The van der Waals surface area contributed by atoms with E-state index in [1.165, 1.54) is 17.7 Å². The number of likely N-dealkylation sites (tertiary alicyclic amines) is 1. The van der Waals surface area contributed by atoms with Gasteiger partial charge in [-0.3, -0.25) is 9.59 Å². The molecule has 0 unspecified atom stereocenters. The van der Waals surface area contributed by atoms with Gasteiger partial charge in [-0.1, -0.05) is 42.5 Å². The molecule has 1 saturated heterocycles. The van der Waals surface area contributed by atoms with E-state index in [9.17, 15) is 14.0 Å². The molecule has 27 heavy (non-hydrogen) atoms. The Balaban J connectivity index is 1.56. The maximum absolute atomic E-state index is 12.9. The SMILES string of the molecule is NCC1(c2ccccc2)CCN(C(=O)C(=O)NCc2ccc(F)cc2)CC1. The predicted molar refractivity (Wildman–Crippen MR) is 101 cm³/mol. The maximum atomic E-state index is 12.9. The van der Waals surface area contributed by atoms with Gasteiger partial charge in [-0.15, -0.1) is 0 Å². The van der Waals surface area contributed by atoms with E-state index in [0.29, 0.717) is 19.6 Å². The number of carbonyl (C=O) groups excluding carboxylic acids is 2. The van der Waals surface area contributed by atoms with Crippen molar-refractivity contribution >= 4 is 11.8 Å². The molecule has 0 radical (unpaired) electrons. The fourth-order valence-electron chi connectivity index (χ4n) is 3.54. The van der Waals surface area contributed by atoms with Gasteiger partial charge in [0.1, 0.15) is 5.82 Å². The van der Waals surface area contributed by atoms with Crippen molar-refractivity contribution in [3.8, 4) is 0 Å². The summed E-state index contributed by atoms with van der Waals surface area (Å²) >= 11 is 0. The Bertz CT molecular complexity index is 785. The van der Waals surface area contributed by atoms with Crippen molar-refractivity contribution in [1.29, 1.82) is 0 Å². The highest BCUT2D eigenvalue weighted by molar-refractivity contribution is 6.35. The van der Waals surface area contributed by atoms with Crippen LogP contribution >= 0.6 is 0 Å². The number of rotatable bonds is 4. The zero-order valence-electron chi connectivity index (χ0n) is 15.2. The number of piperidine rings is 1. The van der Waals surface area contributed by atoms with Crippen molar-refractivity contribution in [2.45, 2.75) is 24.8 Å². The summed E-state index contributed by atoms with van der Waals surface area (Å²) in [6.07, 6.45) is 1.45. The molecular formula is C21H24FN3O2. The molecule has 1 aliphatic rings. The molecule has 2 aromatic rings. The summed E-state index contributed by atoms with van der Waals surface area (Å²) in [5.41, 5.74) is 7.83. The van der Waals surface area contributed by atoms with Crippen molar-refractivity contribution in [3.63, 3.8) is 0 Å². The van der Waals surface area contributed by atoms with Crippen LogP contribution in [0.1, 0.15) is 24.0 Å². The van der Waals surface area contributed by atoms with E-state index in [1.54, 1.807) is 17.0 Å². The Morgan fingerprint density at radius 1 is 1.04 bits per heavy atom. The largest absolute Gasteiger partial charge is 0.344 e. The molecule has 2 aromatic carbocycles. The molecule has 0 aromatic heterocycles. The fourth-order valence-corrected chi connectivity index (χ4v) is 3.54. The molecule has 0 saturated carbocycles. The first-order valence-corrected chi connectivity index (χ1v) is 9.11. The quantitative estimate of drug-likeness (QED) is 0.809. The topological polar surface area (TPSA) is 75.4 Å². The van der Waals surface area contributed by atoms with Crippen molar-refractivity contribution in [3.05, 3.63) is 71.5 Å². The molecule has 2 amide bonds. The summed E-state index contributed by atoms with van der Waals surface area (Å²) in [5.74, 6) is -1.51. The van der Waals surface area contributed by atoms with Crippen molar-refractivity contribution < 1.29 is 14.0 Å². The molecule has 142 valence electrons. The molecule has 5 nitrogen and oxygen atoms in total. The monoisotopic (exact) mass is 369 g/mol. The molecule has 1 fully saturated rings. The molecule has 6 heteroatoms. The average molecular weight is 369 g/mol. The van der Waals surface area contributed by atoms with Crippen LogP contribution in [-0.4, -0.2) is 36.3 Å². The molecule has 0 atom stereocenters. The van der Waals surface area contributed by atoms with Gasteiger partial charge in [0.15, 0.2) is 0 Å². The van der Waals surface area contributed by atoms with Crippen LogP contribution < -0.4 is 11.1 Å². The molecular weight excluding hydrogens is 345 g/mol. The zero-order valence-corrected chi connectivity index (χ0v) is 15.2. The number of nitrogens with one attached hydrogen (secondary N) is 1.